The number of hydrogen-bond acceptors (Lipinski definition) is 5. The predicted molar refractivity (Wildman–Crippen MR) is 138 cm³/mol. The number of benzene rings is 2. The molecule has 204 valence electrons. The van der Waals surface area contributed by atoms with Crippen LogP contribution in [0.1, 0.15) is 51.7 Å². The van der Waals surface area contributed by atoms with Crippen LogP contribution in [0.15, 0.2) is 59.5 Å². The van der Waals surface area contributed by atoms with Crippen LogP contribution in [0, 0.1) is 11.6 Å². The Morgan fingerprint density at radius 3 is 2.64 bits per heavy atom. The Labute approximate surface area is 224 Å². The molecular formula is C29H29F2N3O5. The van der Waals surface area contributed by atoms with E-state index in [1.165, 1.54) is 12.3 Å². The Kier molecular flexibility index (Phi) is 7.47. The van der Waals surface area contributed by atoms with Crippen molar-refractivity contribution in [3.05, 3.63) is 99.0 Å². The van der Waals surface area contributed by atoms with E-state index in [0.29, 0.717) is 32.7 Å². The Hall–Kier alpha value is -4.05. The maximum Gasteiger partial charge on any atom is 0.275 e. The van der Waals surface area contributed by atoms with E-state index in [1.54, 1.807) is 9.47 Å². The summed E-state index contributed by atoms with van der Waals surface area (Å²) in [4.78, 5) is 42.5. The predicted octanol–water partition coefficient (Wildman–Crippen LogP) is 3.66. The van der Waals surface area contributed by atoms with E-state index in [-0.39, 0.29) is 41.6 Å². The normalized spacial score (nSPS) is 18.3. The van der Waals surface area contributed by atoms with Crippen molar-refractivity contribution in [2.45, 2.75) is 45.0 Å². The second-order valence-corrected chi connectivity index (χ2v) is 9.85. The van der Waals surface area contributed by atoms with Gasteiger partial charge in [0.2, 0.25) is 5.43 Å². The zero-order valence-corrected chi connectivity index (χ0v) is 21.5. The molecule has 0 saturated carbocycles. The van der Waals surface area contributed by atoms with Gasteiger partial charge in [0, 0.05) is 44.1 Å². The maximum atomic E-state index is 14.1. The molecule has 2 aliphatic heterocycles. The number of carbonyl (C=O) groups excluding carboxylic acids is 2. The average molecular weight is 538 g/mol. The van der Waals surface area contributed by atoms with Gasteiger partial charge in [-0.1, -0.05) is 43.3 Å². The van der Waals surface area contributed by atoms with Gasteiger partial charge in [-0.15, -0.1) is 0 Å². The Morgan fingerprint density at radius 1 is 1.15 bits per heavy atom. The number of carbonyl (C=O) groups is 2. The van der Waals surface area contributed by atoms with Gasteiger partial charge in [-0.05, 0) is 24.5 Å². The van der Waals surface area contributed by atoms with Crippen LogP contribution < -0.4 is 15.5 Å². The third-order valence-electron chi connectivity index (χ3n) is 7.18. The molecule has 0 aliphatic carbocycles. The quantitative estimate of drug-likeness (QED) is 0.474. The molecule has 3 aromatic rings. The zero-order valence-electron chi connectivity index (χ0n) is 21.5. The summed E-state index contributed by atoms with van der Waals surface area (Å²) in [5.74, 6) is -2.87. The maximum absolute atomic E-state index is 14.1. The second kappa shape index (κ2) is 11.0. The molecule has 1 unspecified atom stereocenters. The van der Waals surface area contributed by atoms with Crippen LogP contribution in [0.3, 0.4) is 0 Å². The number of nitrogens with one attached hydrogen (secondary N) is 1. The molecule has 2 amide bonds. The number of fused-ring (bicyclic) bond motifs is 1. The number of rotatable bonds is 8. The monoisotopic (exact) mass is 537 g/mol. The van der Waals surface area contributed by atoms with Gasteiger partial charge in [0.05, 0.1) is 12.1 Å². The molecule has 2 aromatic carbocycles. The van der Waals surface area contributed by atoms with Crippen LogP contribution in [-0.4, -0.2) is 46.6 Å². The first kappa shape index (κ1) is 26.6. The number of halogens is 2. The highest BCUT2D eigenvalue weighted by Gasteiger charge is 2.48. The standard InChI is InChI=1S/C29H29F2N3O5/c1-2-11-34-28(37)24-26(39-16-19-6-4-3-5-7-19)25(35)22(15-33(24)17-29(34)10-12-38-18-29)27(36)32-14-20-8-9-21(30)13-23(20)31/h3-9,13,15H,2,10-12,14,16-18H2,1H3,(H,32,36). The van der Waals surface area contributed by atoms with Gasteiger partial charge >= 0.3 is 0 Å². The lowest BCUT2D eigenvalue weighted by atomic mass is 9.91. The summed E-state index contributed by atoms with van der Waals surface area (Å²) in [6.07, 6.45) is 2.71. The van der Waals surface area contributed by atoms with Crippen molar-refractivity contribution in [3.63, 3.8) is 0 Å². The van der Waals surface area contributed by atoms with E-state index in [1.807, 2.05) is 37.3 Å². The van der Waals surface area contributed by atoms with Crippen molar-refractivity contribution >= 4 is 11.8 Å². The summed E-state index contributed by atoms with van der Waals surface area (Å²) >= 11 is 0. The van der Waals surface area contributed by atoms with Crippen LogP contribution in [-0.2, 0) is 24.4 Å². The highest BCUT2D eigenvalue weighted by atomic mass is 19.1. The SMILES string of the molecule is CCCN1C(=O)c2c(OCc3ccccc3)c(=O)c(C(=O)NCc3ccc(F)cc3F)cn2CC12CCOC2. The molecule has 1 N–H and O–H groups in total. The van der Waals surface area contributed by atoms with Crippen molar-refractivity contribution in [1.29, 1.82) is 0 Å². The first-order chi connectivity index (χ1) is 18.8. The molecule has 1 atom stereocenters. The van der Waals surface area contributed by atoms with Gasteiger partial charge in [-0.25, -0.2) is 8.78 Å². The molecular weight excluding hydrogens is 508 g/mol. The fourth-order valence-corrected chi connectivity index (χ4v) is 5.19. The first-order valence-corrected chi connectivity index (χ1v) is 12.9. The number of ether oxygens (including phenoxy) is 2. The van der Waals surface area contributed by atoms with Gasteiger partial charge in [0.15, 0.2) is 11.4 Å². The Bertz CT molecular complexity index is 1450. The molecule has 1 aromatic heterocycles. The summed E-state index contributed by atoms with van der Waals surface area (Å²) in [5.41, 5.74) is -0.644. The minimum atomic E-state index is -0.811. The molecule has 2 aliphatic rings. The van der Waals surface area contributed by atoms with Gasteiger partial charge in [0.1, 0.15) is 23.8 Å². The number of aromatic nitrogens is 1. The van der Waals surface area contributed by atoms with E-state index in [4.69, 9.17) is 9.47 Å². The van der Waals surface area contributed by atoms with E-state index in [9.17, 15) is 23.2 Å². The van der Waals surface area contributed by atoms with Crippen LogP contribution in [0.4, 0.5) is 8.78 Å². The van der Waals surface area contributed by atoms with Crippen molar-refractivity contribution in [1.82, 2.24) is 14.8 Å². The molecule has 0 bridgehead atoms. The Balaban J connectivity index is 1.54. The summed E-state index contributed by atoms with van der Waals surface area (Å²) in [5, 5.41) is 2.54. The molecule has 1 spiro atoms. The third-order valence-corrected chi connectivity index (χ3v) is 7.18. The highest BCUT2D eigenvalue weighted by Crippen LogP contribution is 2.36. The summed E-state index contributed by atoms with van der Waals surface area (Å²) < 4.78 is 40.6. The van der Waals surface area contributed by atoms with Gasteiger partial charge < -0.3 is 24.3 Å². The Morgan fingerprint density at radius 2 is 1.95 bits per heavy atom. The molecule has 3 heterocycles. The zero-order chi connectivity index (χ0) is 27.6. The summed E-state index contributed by atoms with van der Waals surface area (Å²) in [6, 6.07) is 12.2. The first-order valence-electron chi connectivity index (χ1n) is 12.9. The van der Waals surface area contributed by atoms with Crippen molar-refractivity contribution < 1.29 is 27.8 Å². The van der Waals surface area contributed by atoms with Gasteiger partial charge in [-0.2, -0.15) is 0 Å². The van der Waals surface area contributed by atoms with E-state index in [0.717, 1.165) is 24.1 Å². The molecule has 8 nitrogen and oxygen atoms in total. The molecule has 1 saturated heterocycles. The van der Waals surface area contributed by atoms with Crippen LogP contribution in [0.25, 0.3) is 0 Å². The lowest BCUT2D eigenvalue weighted by Gasteiger charge is -2.45. The van der Waals surface area contributed by atoms with Crippen LogP contribution in [0.2, 0.25) is 0 Å². The minimum absolute atomic E-state index is 0.0181. The topological polar surface area (TPSA) is 89.9 Å². The molecule has 10 heteroatoms. The smallest absolute Gasteiger partial charge is 0.275 e. The molecule has 39 heavy (non-hydrogen) atoms. The number of nitrogens with zero attached hydrogens (tertiary/aromatic N) is 2. The lowest BCUT2D eigenvalue weighted by molar-refractivity contribution is 0.0234. The van der Waals surface area contributed by atoms with Crippen LogP contribution >= 0.6 is 0 Å². The second-order valence-electron chi connectivity index (χ2n) is 9.85. The fraction of sp³-hybridized carbons (Fsp3) is 0.345. The third kappa shape index (κ3) is 5.16. The summed E-state index contributed by atoms with van der Waals surface area (Å²) in [7, 11) is 0. The highest BCUT2D eigenvalue weighted by molar-refractivity contribution is 5.99. The lowest BCUT2D eigenvalue weighted by Crippen LogP contribution is -2.59. The molecule has 1 fully saturated rings. The number of pyridine rings is 1. The average Bonchev–Trinajstić information content (AvgIpc) is 3.39. The van der Waals surface area contributed by atoms with Crippen molar-refractivity contribution in [2.24, 2.45) is 0 Å². The van der Waals surface area contributed by atoms with Gasteiger partial charge in [-0.3, -0.25) is 14.4 Å². The van der Waals surface area contributed by atoms with Crippen molar-refractivity contribution in [3.8, 4) is 5.75 Å². The summed E-state index contributed by atoms with van der Waals surface area (Å²) in [6.45, 7) is 3.38. The molecule has 5 rings (SSSR count). The van der Waals surface area contributed by atoms with E-state index in [2.05, 4.69) is 5.32 Å². The minimum Gasteiger partial charge on any atom is -0.483 e. The largest absolute Gasteiger partial charge is 0.483 e. The van der Waals surface area contributed by atoms with Gasteiger partial charge in [0.25, 0.3) is 11.8 Å². The number of hydrogen-bond donors (Lipinski definition) is 1. The fourth-order valence-electron chi connectivity index (χ4n) is 5.19. The van der Waals surface area contributed by atoms with Crippen LogP contribution in [0.5, 0.6) is 5.75 Å². The molecule has 0 radical (unpaired) electrons. The van der Waals surface area contributed by atoms with E-state index < -0.39 is 28.5 Å². The number of amides is 2. The van der Waals surface area contributed by atoms with Crippen molar-refractivity contribution in [2.75, 3.05) is 19.8 Å². The van der Waals surface area contributed by atoms with E-state index >= 15 is 0 Å².